The molecule has 0 bridgehead atoms. The average Bonchev–Trinajstić information content (AvgIpc) is 2.61. The zero-order valence-electron chi connectivity index (χ0n) is 16.9. The molecule has 1 aromatic rings. The predicted molar refractivity (Wildman–Crippen MR) is 99.7 cm³/mol. The van der Waals surface area contributed by atoms with Gasteiger partial charge >= 0.3 is 12.3 Å². The summed E-state index contributed by atoms with van der Waals surface area (Å²) in [4.78, 5) is 16.8. The second kappa shape index (κ2) is 8.93. The first-order valence-corrected chi connectivity index (χ1v) is 9.41. The number of amides is 1. The smallest absolute Gasteiger partial charge is 0.422 e. The summed E-state index contributed by atoms with van der Waals surface area (Å²) >= 11 is 0. The highest BCUT2D eigenvalue weighted by atomic mass is 19.4. The summed E-state index contributed by atoms with van der Waals surface area (Å²) in [6.07, 6.45) is -3.52. The molecule has 1 heterocycles. The van der Waals surface area contributed by atoms with Gasteiger partial charge in [-0.15, -0.1) is 0 Å². The molecule has 0 aromatic carbocycles. The number of nitrogens with one attached hydrogen (secondary N) is 1. The number of alkyl halides is 3. The van der Waals surface area contributed by atoms with E-state index in [1.165, 1.54) is 4.90 Å². The van der Waals surface area contributed by atoms with Gasteiger partial charge in [0.05, 0.1) is 0 Å². The third-order valence-corrected chi connectivity index (χ3v) is 4.77. The van der Waals surface area contributed by atoms with Crippen LogP contribution in [-0.2, 0) is 0 Å². The lowest BCUT2D eigenvalue weighted by Crippen LogP contribution is -2.52. The summed E-state index contributed by atoms with van der Waals surface area (Å²) in [5, 5.41) is 21.3. The number of carboxylic acid groups (broad SMARTS) is 1. The summed E-state index contributed by atoms with van der Waals surface area (Å²) in [6.45, 7) is 3.78. The molecule has 0 unspecified atom stereocenters. The summed E-state index contributed by atoms with van der Waals surface area (Å²) in [6, 6.07) is 1.90. The fraction of sp³-hybridized carbons (Fsp3) is 0.632. The van der Waals surface area contributed by atoms with Crippen LogP contribution in [0.4, 0.5) is 28.2 Å². The van der Waals surface area contributed by atoms with Crippen molar-refractivity contribution in [1.82, 2.24) is 9.88 Å². The van der Waals surface area contributed by atoms with E-state index in [1.54, 1.807) is 6.07 Å². The molecule has 2 N–H and O–H groups in total. The molecule has 2 rings (SSSR count). The van der Waals surface area contributed by atoms with E-state index in [2.05, 4.69) is 15.0 Å². The first-order chi connectivity index (χ1) is 13.8. The van der Waals surface area contributed by atoms with Gasteiger partial charge in [0.2, 0.25) is 5.88 Å². The van der Waals surface area contributed by atoms with E-state index in [4.69, 9.17) is 5.26 Å². The number of pyridine rings is 1. The van der Waals surface area contributed by atoms with Crippen LogP contribution in [-0.4, -0.2) is 51.5 Å². The molecule has 7 nitrogen and oxygen atoms in total. The molecule has 1 fully saturated rings. The van der Waals surface area contributed by atoms with E-state index in [0.29, 0.717) is 25.7 Å². The van der Waals surface area contributed by atoms with Crippen LogP contribution in [0, 0.1) is 17.1 Å². The average molecular weight is 432 g/mol. The van der Waals surface area contributed by atoms with Gasteiger partial charge in [-0.1, -0.05) is 0 Å². The Balaban J connectivity index is 2.09. The number of anilines is 1. The second-order valence-electron chi connectivity index (χ2n) is 8.16. The maximum atomic E-state index is 14.3. The summed E-state index contributed by atoms with van der Waals surface area (Å²) < 4.78 is 56.0. The van der Waals surface area contributed by atoms with Crippen molar-refractivity contribution in [3.63, 3.8) is 0 Å². The number of ether oxygens (including phenoxy) is 1. The van der Waals surface area contributed by atoms with Crippen molar-refractivity contribution >= 4 is 11.9 Å². The molecule has 1 aliphatic rings. The number of halogens is 4. The van der Waals surface area contributed by atoms with Gasteiger partial charge in [-0.25, -0.2) is 9.18 Å². The van der Waals surface area contributed by atoms with Crippen LogP contribution in [0.1, 0.15) is 52.0 Å². The van der Waals surface area contributed by atoms with E-state index in [0.717, 1.165) is 6.07 Å². The van der Waals surface area contributed by atoms with Gasteiger partial charge in [0.1, 0.15) is 11.6 Å². The SMILES string of the molecule is CC(C)(C)N(C(=O)O)C1CCC(Nc2nc(OCC(F)(F)F)c(C#N)cc2F)CC1. The molecule has 0 aliphatic heterocycles. The fourth-order valence-corrected chi connectivity index (χ4v) is 3.58. The Morgan fingerprint density at radius 1 is 1.33 bits per heavy atom. The van der Waals surface area contributed by atoms with Crippen LogP contribution in [0.15, 0.2) is 6.07 Å². The summed E-state index contributed by atoms with van der Waals surface area (Å²) in [7, 11) is 0. The molecule has 11 heteroatoms. The second-order valence-corrected chi connectivity index (χ2v) is 8.16. The van der Waals surface area contributed by atoms with Crippen LogP contribution in [0.3, 0.4) is 0 Å². The molecule has 0 saturated heterocycles. The molecule has 1 saturated carbocycles. The van der Waals surface area contributed by atoms with E-state index < -0.39 is 41.7 Å². The van der Waals surface area contributed by atoms with Crippen molar-refractivity contribution in [3.8, 4) is 11.9 Å². The zero-order valence-corrected chi connectivity index (χ0v) is 16.9. The highest BCUT2D eigenvalue weighted by Crippen LogP contribution is 2.31. The van der Waals surface area contributed by atoms with Gasteiger partial charge in [0.25, 0.3) is 0 Å². The normalized spacial score (nSPS) is 19.7. The highest BCUT2D eigenvalue weighted by molar-refractivity contribution is 5.66. The predicted octanol–water partition coefficient (Wildman–Crippen LogP) is 4.54. The Hall–Kier alpha value is -2.77. The van der Waals surface area contributed by atoms with Crippen LogP contribution in [0.25, 0.3) is 0 Å². The van der Waals surface area contributed by atoms with Gasteiger partial charge in [0.15, 0.2) is 18.2 Å². The molecule has 1 amide bonds. The minimum atomic E-state index is -4.63. The van der Waals surface area contributed by atoms with E-state index in [-0.39, 0.29) is 17.9 Å². The van der Waals surface area contributed by atoms with Crippen molar-refractivity contribution in [2.24, 2.45) is 0 Å². The molecule has 1 aromatic heterocycles. The highest BCUT2D eigenvalue weighted by Gasteiger charge is 2.36. The molecule has 1 aliphatic carbocycles. The van der Waals surface area contributed by atoms with Crippen molar-refractivity contribution < 1.29 is 32.2 Å². The number of hydrogen-bond acceptors (Lipinski definition) is 5. The van der Waals surface area contributed by atoms with Crippen LogP contribution in [0.2, 0.25) is 0 Å². The van der Waals surface area contributed by atoms with Crippen molar-refractivity contribution in [3.05, 3.63) is 17.4 Å². The monoisotopic (exact) mass is 432 g/mol. The Bertz CT molecular complexity index is 810. The van der Waals surface area contributed by atoms with Gasteiger partial charge in [-0.2, -0.15) is 23.4 Å². The molecule has 166 valence electrons. The van der Waals surface area contributed by atoms with Crippen molar-refractivity contribution in [1.29, 1.82) is 5.26 Å². The number of aromatic nitrogens is 1. The Morgan fingerprint density at radius 3 is 2.40 bits per heavy atom. The van der Waals surface area contributed by atoms with E-state index in [9.17, 15) is 27.5 Å². The molecular formula is C19H24F4N4O3. The lowest BCUT2D eigenvalue weighted by atomic mass is 9.88. The third kappa shape index (κ3) is 6.11. The molecule has 0 radical (unpaired) electrons. The first-order valence-electron chi connectivity index (χ1n) is 9.41. The van der Waals surface area contributed by atoms with Crippen LogP contribution < -0.4 is 10.1 Å². The largest absolute Gasteiger partial charge is 0.467 e. The van der Waals surface area contributed by atoms with Crippen molar-refractivity contribution in [2.45, 2.75) is 70.3 Å². The van der Waals surface area contributed by atoms with Gasteiger partial charge < -0.3 is 20.1 Å². The zero-order chi connectivity index (χ0) is 22.7. The standard InChI is InChI=1S/C19H24F4N4O3/c1-18(2,3)27(17(28)29)13-6-4-12(5-7-13)25-15-14(20)8-11(9-24)16(26-15)30-10-19(21,22)23/h8,12-13H,4-7,10H2,1-3H3,(H,25,26)(H,28,29). The quantitative estimate of drug-likeness (QED) is 0.663. The van der Waals surface area contributed by atoms with E-state index >= 15 is 0 Å². The fourth-order valence-electron chi connectivity index (χ4n) is 3.58. The number of hydrogen-bond donors (Lipinski definition) is 2. The Morgan fingerprint density at radius 2 is 1.93 bits per heavy atom. The molecular weight excluding hydrogens is 408 g/mol. The van der Waals surface area contributed by atoms with Crippen molar-refractivity contribution in [2.75, 3.05) is 11.9 Å². The van der Waals surface area contributed by atoms with Gasteiger partial charge in [-0.3, -0.25) is 0 Å². The maximum absolute atomic E-state index is 14.3. The lowest BCUT2D eigenvalue weighted by Gasteiger charge is -2.42. The number of nitrogens with zero attached hydrogens (tertiary/aromatic N) is 3. The molecule has 0 spiro atoms. The first kappa shape index (κ1) is 23.5. The minimum Gasteiger partial charge on any atom is -0.467 e. The topological polar surface area (TPSA) is 98.5 Å². The Kier molecular flexibility index (Phi) is 7.00. The minimum absolute atomic E-state index is 0.190. The summed E-state index contributed by atoms with van der Waals surface area (Å²) in [5.41, 5.74) is -1.00. The molecule has 0 atom stereocenters. The van der Waals surface area contributed by atoms with Gasteiger partial charge in [-0.05, 0) is 46.5 Å². The maximum Gasteiger partial charge on any atom is 0.422 e. The Labute approximate surface area is 171 Å². The molecule has 30 heavy (non-hydrogen) atoms. The summed E-state index contributed by atoms with van der Waals surface area (Å²) in [5.74, 6) is -1.78. The van der Waals surface area contributed by atoms with Crippen LogP contribution in [0.5, 0.6) is 5.88 Å². The number of rotatable bonds is 5. The number of nitriles is 1. The third-order valence-electron chi connectivity index (χ3n) is 4.77. The van der Waals surface area contributed by atoms with E-state index in [1.807, 2.05) is 20.8 Å². The lowest BCUT2D eigenvalue weighted by molar-refractivity contribution is -0.154. The van der Waals surface area contributed by atoms with Gasteiger partial charge in [0, 0.05) is 23.7 Å². The number of carbonyl (C=O) groups is 1. The van der Waals surface area contributed by atoms with Crippen LogP contribution >= 0.6 is 0 Å².